The number of rotatable bonds is 4. The summed E-state index contributed by atoms with van der Waals surface area (Å²) in [6, 6.07) is 2.43. The summed E-state index contributed by atoms with van der Waals surface area (Å²) >= 11 is 0. The van der Waals surface area contributed by atoms with Crippen molar-refractivity contribution in [3.63, 3.8) is 0 Å². The highest BCUT2D eigenvalue weighted by Crippen LogP contribution is 2.14. The van der Waals surface area contributed by atoms with E-state index in [0.29, 0.717) is 6.04 Å². The molecule has 0 aliphatic carbocycles. The minimum atomic E-state index is 0.386. The molecule has 17 heavy (non-hydrogen) atoms. The van der Waals surface area contributed by atoms with E-state index in [-0.39, 0.29) is 0 Å². The molecule has 0 amide bonds. The molecule has 0 saturated carbocycles. The van der Waals surface area contributed by atoms with E-state index in [4.69, 9.17) is 0 Å². The molecule has 2 aromatic rings. The fraction of sp³-hybridized carbons (Fsp3) is 0.500. The number of anilines is 1. The summed E-state index contributed by atoms with van der Waals surface area (Å²) in [6.45, 7) is 7.03. The van der Waals surface area contributed by atoms with Gasteiger partial charge in [0, 0.05) is 25.5 Å². The normalized spacial score (nSPS) is 11.1. The van der Waals surface area contributed by atoms with E-state index >= 15 is 0 Å². The second kappa shape index (κ2) is 4.61. The Hall–Kier alpha value is -1.78. The van der Waals surface area contributed by atoms with Gasteiger partial charge < -0.3 is 5.32 Å². The molecule has 0 aliphatic heterocycles. The summed E-state index contributed by atoms with van der Waals surface area (Å²) in [7, 11) is 1.93. The molecule has 0 atom stereocenters. The van der Waals surface area contributed by atoms with Gasteiger partial charge in [0.05, 0.1) is 23.6 Å². The van der Waals surface area contributed by atoms with E-state index in [1.807, 2.05) is 41.8 Å². The van der Waals surface area contributed by atoms with Crippen molar-refractivity contribution in [3.8, 4) is 0 Å². The molecule has 2 heterocycles. The Bertz CT molecular complexity index is 495. The van der Waals surface area contributed by atoms with Gasteiger partial charge in [0.1, 0.15) is 0 Å². The Morgan fingerprint density at radius 1 is 1.41 bits per heavy atom. The summed E-state index contributed by atoms with van der Waals surface area (Å²) in [5, 5.41) is 12.0. The molecule has 0 saturated heterocycles. The third kappa shape index (κ3) is 2.49. The summed E-state index contributed by atoms with van der Waals surface area (Å²) in [4.78, 5) is 0. The third-order valence-corrected chi connectivity index (χ3v) is 2.71. The first-order chi connectivity index (χ1) is 8.08. The van der Waals surface area contributed by atoms with E-state index in [1.54, 1.807) is 0 Å². The molecule has 0 aliphatic rings. The number of aryl methyl sites for hydroxylation is 2. The van der Waals surface area contributed by atoms with Crippen LogP contribution in [0.25, 0.3) is 0 Å². The molecule has 2 rings (SSSR count). The smallest absolute Gasteiger partial charge is 0.0825 e. The first kappa shape index (κ1) is 11.7. The van der Waals surface area contributed by atoms with Crippen molar-refractivity contribution in [2.24, 2.45) is 7.05 Å². The molecule has 0 fully saturated rings. The first-order valence-corrected chi connectivity index (χ1v) is 5.84. The average molecular weight is 233 g/mol. The maximum absolute atomic E-state index is 4.31. The van der Waals surface area contributed by atoms with Crippen LogP contribution in [0.2, 0.25) is 0 Å². The zero-order valence-corrected chi connectivity index (χ0v) is 10.8. The van der Waals surface area contributed by atoms with Gasteiger partial charge in [0.25, 0.3) is 0 Å². The minimum absolute atomic E-state index is 0.386. The van der Waals surface area contributed by atoms with Crippen LogP contribution in [0, 0.1) is 6.92 Å². The maximum Gasteiger partial charge on any atom is 0.0825 e. The fourth-order valence-electron chi connectivity index (χ4n) is 1.91. The van der Waals surface area contributed by atoms with Crippen molar-refractivity contribution < 1.29 is 0 Å². The van der Waals surface area contributed by atoms with Gasteiger partial charge >= 0.3 is 0 Å². The quantitative estimate of drug-likeness (QED) is 0.880. The van der Waals surface area contributed by atoms with E-state index in [1.165, 1.54) is 5.69 Å². The van der Waals surface area contributed by atoms with E-state index < -0.39 is 0 Å². The van der Waals surface area contributed by atoms with Gasteiger partial charge in [-0.1, -0.05) is 0 Å². The van der Waals surface area contributed by atoms with Crippen LogP contribution in [0.15, 0.2) is 18.5 Å². The Balaban J connectivity index is 2.07. The molecule has 0 bridgehead atoms. The van der Waals surface area contributed by atoms with Crippen LogP contribution >= 0.6 is 0 Å². The van der Waals surface area contributed by atoms with Crippen LogP contribution in [0.4, 0.5) is 5.69 Å². The number of nitrogens with zero attached hydrogens (tertiary/aromatic N) is 4. The number of hydrogen-bond acceptors (Lipinski definition) is 3. The summed E-state index contributed by atoms with van der Waals surface area (Å²) in [5.41, 5.74) is 3.27. The molecule has 5 heteroatoms. The minimum Gasteiger partial charge on any atom is -0.377 e. The molecule has 0 unspecified atom stereocenters. The SMILES string of the molecule is Cc1nn(C)cc1NCc1ccnn1C(C)C. The Morgan fingerprint density at radius 3 is 2.76 bits per heavy atom. The van der Waals surface area contributed by atoms with Crippen molar-refractivity contribution in [3.05, 3.63) is 29.8 Å². The van der Waals surface area contributed by atoms with Crippen molar-refractivity contribution in [2.75, 3.05) is 5.32 Å². The van der Waals surface area contributed by atoms with E-state index in [9.17, 15) is 0 Å². The Morgan fingerprint density at radius 2 is 2.18 bits per heavy atom. The van der Waals surface area contributed by atoms with Crippen molar-refractivity contribution in [1.82, 2.24) is 19.6 Å². The zero-order valence-electron chi connectivity index (χ0n) is 10.8. The highest BCUT2D eigenvalue weighted by molar-refractivity contribution is 5.45. The van der Waals surface area contributed by atoms with Gasteiger partial charge in [-0.2, -0.15) is 10.2 Å². The maximum atomic E-state index is 4.31. The van der Waals surface area contributed by atoms with Gasteiger partial charge in [-0.25, -0.2) is 0 Å². The van der Waals surface area contributed by atoms with Crippen LogP contribution in [0.1, 0.15) is 31.3 Å². The van der Waals surface area contributed by atoms with Gasteiger partial charge in [-0.15, -0.1) is 0 Å². The van der Waals surface area contributed by atoms with Crippen molar-refractivity contribution >= 4 is 5.69 Å². The molecule has 2 aromatic heterocycles. The molecule has 92 valence electrons. The largest absolute Gasteiger partial charge is 0.377 e. The Labute approximate surface area is 101 Å². The highest BCUT2D eigenvalue weighted by Gasteiger charge is 2.07. The predicted octanol–water partition coefficient (Wildman–Crippen LogP) is 2.12. The molecular formula is C12H19N5. The van der Waals surface area contributed by atoms with Crippen LogP contribution < -0.4 is 5.32 Å². The molecule has 1 N–H and O–H groups in total. The molecule has 0 spiro atoms. The van der Waals surface area contributed by atoms with Gasteiger partial charge in [0.15, 0.2) is 0 Å². The van der Waals surface area contributed by atoms with E-state index in [2.05, 4.69) is 29.4 Å². The third-order valence-electron chi connectivity index (χ3n) is 2.71. The number of aromatic nitrogens is 4. The zero-order chi connectivity index (χ0) is 12.4. The standard InChI is InChI=1S/C12H19N5/c1-9(2)17-11(5-6-14-17)7-13-12-8-16(4)15-10(12)3/h5-6,8-9,13H,7H2,1-4H3. The van der Waals surface area contributed by atoms with Crippen LogP contribution in [-0.2, 0) is 13.6 Å². The lowest BCUT2D eigenvalue weighted by Crippen LogP contribution is -2.11. The second-order valence-electron chi connectivity index (χ2n) is 4.52. The highest BCUT2D eigenvalue weighted by atomic mass is 15.3. The lowest BCUT2D eigenvalue weighted by Gasteiger charge is -2.11. The van der Waals surface area contributed by atoms with Gasteiger partial charge in [-0.3, -0.25) is 9.36 Å². The van der Waals surface area contributed by atoms with Gasteiger partial charge in [-0.05, 0) is 26.8 Å². The summed E-state index contributed by atoms with van der Waals surface area (Å²) in [5.74, 6) is 0. The molecule has 0 aromatic carbocycles. The lowest BCUT2D eigenvalue weighted by molar-refractivity contribution is 0.512. The summed E-state index contributed by atoms with van der Waals surface area (Å²) in [6.07, 6.45) is 3.83. The van der Waals surface area contributed by atoms with Crippen LogP contribution in [0.5, 0.6) is 0 Å². The van der Waals surface area contributed by atoms with Gasteiger partial charge in [0.2, 0.25) is 0 Å². The second-order valence-corrected chi connectivity index (χ2v) is 4.52. The van der Waals surface area contributed by atoms with Crippen molar-refractivity contribution in [2.45, 2.75) is 33.4 Å². The number of hydrogen-bond donors (Lipinski definition) is 1. The molecule has 5 nitrogen and oxygen atoms in total. The topological polar surface area (TPSA) is 47.7 Å². The Kier molecular flexibility index (Phi) is 3.17. The average Bonchev–Trinajstić information content (AvgIpc) is 2.82. The van der Waals surface area contributed by atoms with Crippen LogP contribution in [-0.4, -0.2) is 19.6 Å². The van der Waals surface area contributed by atoms with Crippen LogP contribution in [0.3, 0.4) is 0 Å². The predicted molar refractivity (Wildman–Crippen MR) is 67.9 cm³/mol. The number of nitrogens with one attached hydrogen (secondary N) is 1. The monoisotopic (exact) mass is 233 g/mol. The fourth-order valence-corrected chi connectivity index (χ4v) is 1.91. The lowest BCUT2D eigenvalue weighted by atomic mass is 10.3. The summed E-state index contributed by atoms with van der Waals surface area (Å²) < 4.78 is 3.84. The first-order valence-electron chi connectivity index (χ1n) is 5.84. The van der Waals surface area contributed by atoms with Crippen molar-refractivity contribution in [1.29, 1.82) is 0 Å². The molecule has 0 radical (unpaired) electrons. The van der Waals surface area contributed by atoms with E-state index in [0.717, 1.165) is 17.9 Å². The molecular weight excluding hydrogens is 214 g/mol.